The van der Waals surface area contributed by atoms with Crippen molar-refractivity contribution >= 4 is 28.1 Å². The maximum atomic E-state index is 5.46. The lowest BCUT2D eigenvalue weighted by molar-refractivity contribution is 0.900. The van der Waals surface area contributed by atoms with E-state index in [1.54, 1.807) is 23.5 Å². The van der Waals surface area contributed by atoms with Crippen molar-refractivity contribution in [3.63, 3.8) is 0 Å². The van der Waals surface area contributed by atoms with Gasteiger partial charge in [0.2, 0.25) is 0 Å². The minimum Gasteiger partial charge on any atom is -0.382 e. The van der Waals surface area contributed by atoms with Crippen LogP contribution in [0, 0.1) is 0 Å². The van der Waals surface area contributed by atoms with Crippen LogP contribution in [-0.4, -0.2) is 15.2 Å². The van der Waals surface area contributed by atoms with Crippen LogP contribution in [0.25, 0.3) is 0 Å². The maximum Gasteiger partial charge on any atom is 0.188 e. The number of nitrogen functional groups attached to an aromatic ring is 1. The van der Waals surface area contributed by atoms with E-state index in [-0.39, 0.29) is 0 Å². The van der Waals surface area contributed by atoms with E-state index in [0.29, 0.717) is 11.6 Å². The van der Waals surface area contributed by atoms with E-state index < -0.39 is 0 Å². The summed E-state index contributed by atoms with van der Waals surface area (Å²) in [6.07, 6.45) is 3.49. The first-order valence-corrected chi connectivity index (χ1v) is 5.98. The van der Waals surface area contributed by atoms with Crippen LogP contribution in [0.3, 0.4) is 0 Å². The molecule has 2 heterocycles. The van der Waals surface area contributed by atoms with Gasteiger partial charge in [-0.15, -0.1) is 21.5 Å². The molecular weight excluding hydrogens is 222 g/mol. The molecule has 1 aliphatic carbocycles. The molecule has 3 N–H and O–H groups in total. The number of anilines is 3. The van der Waals surface area contributed by atoms with Crippen molar-refractivity contribution in [2.45, 2.75) is 19.3 Å². The summed E-state index contributed by atoms with van der Waals surface area (Å²) < 4.78 is 0. The third-order valence-corrected chi connectivity index (χ3v) is 3.59. The van der Waals surface area contributed by atoms with Crippen LogP contribution in [0.1, 0.15) is 17.0 Å². The lowest BCUT2D eigenvalue weighted by Gasteiger charge is -2.00. The summed E-state index contributed by atoms with van der Waals surface area (Å²) in [6.45, 7) is 0. The zero-order chi connectivity index (χ0) is 11.0. The van der Waals surface area contributed by atoms with Crippen LogP contribution in [0.15, 0.2) is 12.1 Å². The number of aryl methyl sites for hydroxylation is 2. The van der Waals surface area contributed by atoms with Crippen molar-refractivity contribution in [3.8, 4) is 0 Å². The fraction of sp³-hybridized carbons (Fsp3) is 0.300. The first-order valence-electron chi connectivity index (χ1n) is 5.16. The SMILES string of the molecule is Nc1ccc(Nc2nc3c(s2)CCC3)nn1. The first-order chi connectivity index (χ1) is 7.81. The smallest absolute Gasteiger partial charge is 0.188 e. The van der Waals surface area contributed by atoms with Gasteiger partial charge in [0.1, 0.15) is 5.82 Å². The first kappa shape index (κ1) is 9.53. The number of thiazole rings is 1. The molecule has 16 heavy (non-hydrogen) atoms. The van der Waals surface area contributed by atoms with Gasteiger partial charge in [-0.25, -0.2) is 4.98 Å². The third-order valence-electron chi connectivity index (χ3n) is 2.52. The van der Waals surface area contributed by atoms with Gasteiger partial charge in [0, 0.05) is 4.88 Å². The Morgan fingerprint density at radius 1 is 1.25 bits per heavy atom. The second-order valence-corrected chi connectivity index (χ2v) is 4.79. The molecule has 0 atom stereocenters. The summed E-state index contributed by atoms with van der Waals surface area (Å²) in [5.74, 6) is 1.11. The molecule has 3 rings (SSSR count). The van der Waals surface area contributed by atoms with Gasteiger partial charge in [0.15, 0.2) is 10.9 Å². The van der Waals surface area contributed by atoms with E-state index in [2.05, 4.69) is 20.5 Å². The van der Waals surface area contributed by atoms with Crippen LogP contribution in [0.4, 0.5) is 16.8 Å². The molecule has 0 amide bonds. The van der Waals surface area contributed by atoms with Crippen molar-refractivity contribution in [2.75, 3.05) is 11.1 Å². The van der Waals surface area contributed by atoms with Crippen LogP contribution in [0.5, 0.6) is 0 Å². The summed E-state index contributed by atoms with van der Waals surface area (Å²) in [6, 6.07) is 3.52. The summed E-state index contributed by atoms with van der Waals surface area (Å²) in [7, 11) is 0. The Balaban J connectivity index is 1.81. The summed E-state index contributed by atoms with van der Waals surface area (Å²) in [5.41, 5.74) is 6.70. The van der Waals surface area contributed by atoms with E-state index in [4.69, 9.17) is 5.73 Å². The summed E-state index contributed by atoms with van der Waals surface area (Å²) >= 11 is 1.70. The average Bonchev–Trinajstić information content (AvgIpc) is 2.81. The van der Waals surface area contributed by atoms with E-state index >= 15 is 0 Å². The van der Waals surface area contributed by atoms with E-state index in [1.165, 1.54) is 17.0 Å². The van der Waals surface area contributed by atoms with E-state index in [9.17, 15) is 0 Å². The monoisotopic (exact) mass is 233 g/mol. The zero-order valence-corrected chi connectivity index (χ0v) is 9.42. The highest BCUT2D eigenvalue weighted by molar-refractivity contribution is 7.15. The number of aromatic nitrogens is 3. The fourth-order valence-electron chi connectivity index (χ4n) is 1.76. The summed E-state index contributed by atoms with van der Waals surface area (Å²) in [4.78, 5) is 5.91. The molecule has 0 spiro atoms. The minimum absolute atomic E-state index is 0.423. The maximum absolute atomic E-state index is 5.46. The Labute approximate surface area is 96.7 Å². The molecule has 0 bridgehead atoms. The third kappa shape index (κ3) is 1.71. The lowest BCUT2D eigenvalue weighted by atomic mass is 10.4. The number of fused-ring (bicyclic) bond motifs is 1. The van der Waals surface area contributed by atoms with Gasteiger partial charge in [-0.05, 0) is 31.4 Å². The number of hydrogen-bond donors (Lipinski definition) is 2. The van der Waals surface area contributed by atoms with Gasteiger partial charge in [-0.2, -0.15) is 0 Å². The van der Waals surface area contributed by atoms with Crippen LogP contribution < -0.4 is 11.1 Å². The molecule has 0 radical (unpaired) electrons. The normalized spacial score (nSPS) is 13.8. The lowest BCUT2D eigenvalue weighted by Crippen LogP contribution is -1.97. The number of nitrogens with zero attached hydrogens (tertiary/aromatic N) is 3. The predicted molar refractivity (Wildman–Crippen MR) is 63.9 cm³/mol. The Morgan fingerprint density at radius 2 is 2.19 bits per heavy atom. The molecular formula is C10H11N5S. The Hall–Kier alpha value is -1.69. The highest BCUT2D eigenvalue weighted by atomic mass is 32.1. The van der Waals surface area contributed by atoms with Crippen LogP contribution >= 0.6 is 11.3 Å². The number of nitrogens with one attached hydrogen (secondary N) is 1. The topological polar surface area (TPSA) is 76.7 Å². The molecule has 0 saturated heterocycles. The van der Waals surface area contributed by atoms with Crippen molar-refractivity contribution < 1.29 is 0 Å². The van der Waals surface area contributed by atoms with Gasteiger partial charge in [0.25, 0.3) is 0 Å². The molecule has 0 saturated carbocycles. The average molecular weight is 233 g/mol. The second-order valence-electron chi connectivity index (χ2n) is 3.71. The highest BCUT2D eigenvalue weighted by Crippen LogP contribution is 2.31. The highest BCUT2D eigenvalue weighted by Gasteiger charge is 2.16. The van der Waals surface area contributed by atoms with Crippen molar-refractivity contribution in [1.82, 2.24) is 15.2 Å². The Morgan fingerprint density at radius 3 is 2.94 bits per heavy atom. The van der Waals surface area contributed by atoms with Gasteiger partial charge in [0.05, 0.1) is 5.69 Å². The molecule has 0 unspecified atom stereocenters. The largest absolute Gasteiger partial charge is 0.382 e. The zero-order valence-electron chi connectivity index (χ0n) is 8.60. The molecule has 0 aliphatic heterocycles. The molecule has 2 aromatic rings. The molecule has 0 fully saturated rings. The number of nitrogens with two attached hydrogens (primary N) is 1. The second kappa shape index (κ2) is 3.71. The standard InChI is InChI=1S/C10H11N5S/c11-8-4-5-9(15-14-8)13-10-12-6-2-1-3-7(6)16-10/h4-5H,1-3H2,(H2,11,14)(H,12,13,15). The summed E-state index contributed by atoms with van der Waals surface area (Å²) in [5, 5.41) is 11.7. The quantitative estimate of drug-likeness (QED) is 0.826. The molecule has 0 aromatic carbocycles. The van der Waals surface area contributed by atoms with Crippen LogP contribution in [0.2, 0.25) is 0 Å². The van der Waals surface area contributed by atoms with Crippen molar-refractivity contribution in [3.05, 3.63) is 22.7 Å². The molecule has 6 heteroatoms. The number of rotatable bonds is 2. The van der Waals surface area contributed by atoms with Crippen molar-refractivity contribution in [1.29, 1.82) is 0 Å². The molecule has 2 aromatic heterocycles. The predicted octanol–water partition coefficient (Wildman–Crippen LogP) is 1.75. The van der Waals surface area contributed by atoms with Gasteiger partial charge in [-0.3, -0.25) is 0 Å². The van der Waals surface area contributed by atoms with Crippen LogP contribution in [-0.2, 0) is 12.8 Å². The number of hydrogen-bond acceptors (Lipinski definition) is 6. The van der Waals surface area contributed by atoms with Crippen molar-refractivity contribution in [2.24, 2.45) is 0 Å². The van der Waals surface area contributed by atoms with Gasteiger partial charge in [-0.1, -0.05) is 0 Å². The van der Waals surface area contributed by atoms with Gasteiger partial charge >= 0.3 is 0 Å². The molecule has 82 valence electrons. The van der Waals surface area contributed by atoms with E-state index in [0.717, 1.165) is 18.0 Å². The van der Waals surface area contributed by atoms with Gasteiger partial charge < -0.3 is 11.1 Å². The minimum atomic E-state index is 0.423. The fourth-order valence-corrected chi connectivity index (χ4v) is 2.82. The Kier molecular flexibility index (Phi) is 2.21. The molecule has 1 aliphatic rings. The van der Waals surface area contributed by atoms with E-state index in [1.807, 2.05) is 0 Å². The molecule has 5 nitrogen and oxygen atoms in total. The Bertz CT molecular complexity index is 483.